The van der Waals surface area contributed by atoms with E-state index >= 15 is 0 Å². The Balaban J connectivity index is 0. The second kappa shape index (κ2) is 14.6. The van der Waals surface area contributed by atoms with E-state index in [1.165, 1.54) is 0 Å². The van der Waals surface area contributed by atoms with Gasteiger partial charge in [-0.3, -0.25) is 14.4 Å². The molecule has 0 radical (unpaired) electrons. The molecule has 0 aliphatic rings. The smallest absolute Gasteiger partial charge is 0.323 e. The van der Waals surface area contributed by atoms with E-state index in [-0.39, 0.29) is 24.9 Å². The van der Waals surface area contributed by atoms with Crippen molar-refractivity contribution in [3.63, 3.8) is 0 Å². The van der Waals surface area contributed by atoms with E-state index < -0.39 is 35.3 Å². The van der Waals surface area contributed by atoms with E-state index in [4.69, 9.17) is 25.8 Å². The molecular weight excluding hydrogens is 406 g/mol. The largest absolute Gasteiger partial charge is 0.481 e. The monoisotopic (exact) mass is 445 g/mol. The first kappa shape index (κ1) is 30.8. The molecule has 0 saturated heterocycles. The number of nitrogens with zero attached hydrogens (tertiary/aromatic N) is 3. The minimum absolute atomic E-state index is 0.110. The Kier molecular flexibility index (Phi) is 14.5. The van der Waals surface area contributed by atoms with Crippen LogP contribution >= 0.6 is 0 Å². The number of carboxylic acid groups (broad SMARTS) is 1. The van der Waals surface area contributed by atoms with Crippen LogP contribution < -0.4 is 11.1 Å². The van der Waals surface area contributed by atoms with Crippen molar-refractivity contribution in [2.45, 2.75) is 104 Å². The third-order valence-electron chi connectivity index (χ3n) is 3.53. The molecule has 0 rings (SSSR count). The molecule has 180 valence electrons. The lowest BCUT2D eigenvalue weighted by Crippen LogP contribution is -2.42. The van der Waals surface area contributed by atoms with Gasteiger partial charge in [0.2, 0.25) is 0 Å². The zero-order valence-corrected chi connectivity index (χ0v) is 20.0. The molecule has 11 nitrogen and oxygen atoms in total. The average molecular weight is 446 g/mol. The van der Waals surface area contributed by atoms with Crippen LogP contribution in [-0.2, 0) is 23.9 Å². The van der Waals surface area contributed by atoms with Crippen LogP contribution in [0.1, 0.15) is 74.7 Å². The Morgan fingerprint density at radius 2 is 1.52 bits per heavy atom. The van der Waals surface area contributed by atoms with Crippen LogP contribution in [0.25, 0.3) is 10.4 Å². The van der Waals surface area contributed by atoms with Gasteiger partial charge in [-0.15, -0.1) is 0 Å². The van der Waals surface area contributed by atoms with E-state index in [9.17, 15) is 14.4 Å². The number of nitrogens with one attached hydrogen (secondary N) is 1. The van der Waals surface area contributed by atoms with Crippen molar-refractivity contribution < 1.29 is 29.0 Å². The fourth-order valence-electron chi connectivity index (χ4n) is 2.00. The maximum absolute atomic E-state index is 11.8. The van der Waals surface area contributed by atoms with Gasteiger partial charge >= 0.3 is 17.9 Å². The molecule has 4 N–H and O–H groups in total. The Bertz CT molecular complexity index is 619. The maximum atomic E-state index is 11.8. The van der Waals surface area contributed by atoms with Gasteiger partial charge in [0, 0.05) is 4.91 Å². The Labute approximate surface area is 184 Å². The summed E-state index contributed by atoms with van der Waals surface area (Å²) in [7, 11) is 0. The molecular formula is C20H39N5O6. The number of carbonyl (C=O) groups excluding carboxylic acids is 2. The molecule has 0 aromatic carbocycles. The van der Waals surface area contributed by atoms with Crippen molar-refractivity contribution in [2.24, 2.45) is 10.8 Å². The number of carboxylic acids is 1. The quantitative estimate of drug-likeness (QED) is 0.199. The Morgan fingerprint density at radius 3 is 1.87 bits per heavy atom. The summed E-state index contributed by atoms with van der Waals surface area (Å²) in [6, 6.07) is -2.12. The SMILES string of the molecule is CCC(N)C(=O)OC(C)(C)C.CCC(NCCC(N=[N+]=[N-])C(=O)O)C(=O)OC(C)(C)C. The lowest BCUT2D eigenvalue weighted by Gasteiger charge is -2.24. The van der Waals surface area contributed by atoms with Gasteiger partial charge in [-0.1, -0.05) is 19.0 Å². The minimum Gasteiger partial charge on any atom is -0.481 e. The molecule has 11 heteroatoms. The van der Waals surface area contributed by atoms with Gasteiger partial charge in [0.15, 0.2) is 0 Å². The first-order valence-electron chi connectivity index (χ1n) is 10.3. The Morgan fingerprint density at radius 1 is 1.03 bits per heavy atom. The van der Waals surface area contributed by atoms with Crippen LogP contribution in [0.15, 0.2) is 5.11 Å². The molecule has 0 aromatic heterocycles. The van der Waals surface area contributed by atoms with Crippen LogP contribution in [0, 0.1) is 0 Å². The molecule has 0 fully saturated rings. The van der Waals surface area contributed by atoms with Crippen molar-refractivity contribution in [1.82, 2.24) is 5.32 Å². The highest BCUT2D eigenvalue weighted by molar-refractivity contribution is 5.76. The maximum Gasteiger partial charge on any atom is 0.323 e. The molecule has 0 aliphatic heterocycles. The molecule has 0 bridgehead atoms. The first-order valence-corrected chi connectivity index (χ1v) is 10.3. The number of aliphatic carboxylic acids is 1. The van der Waals surface area contributed by atoms with Crippen molar-refractivity contribution in [3.8, 4) is 0 Å². The van der Waals surface area contributed by atoms with E-state index in [0.29, 0.717) is 12.8 Å². The van der Waals surface area contributed by atoms with Gasteiger partial charge < -0.3 is 25.6 Å². The molecule has 0 aromatic rings. The number of esters is 2. The zero-order chi connectivity index (χ0) is 24.8. The predicted octanol–water partition coefficient (Wildman–Crippen LogP) is 2.92. The van der Waals surface area contributed by atoms with Crippen molar-refractivity contribution in [3.05, 3.63) is 10.4 Å². The number of azide groups is 1. The highest BCUT2D eigenvalue weighted by Crippen LogP contribution is 2.10. The fourth-order valence-corrected chi connectivity index (χ4v) is 2.00. The third-order valence-corrected chi connectivity index (χ3v) is 3.53. The van der Waals surface area contributed by atoms with Crippen molar-refractivity contribution in [2.75, 3.05) is 6.54 Å². The summed E-state index contributed by atoms with van der Waals surface area (Å²) in [5, 5.41) is 14.9. The van der Waals surface area contributed by atoms with Crippen LogP contribution in [0.4, 0.5) is 0 Å². The number of carbonyl (C=O) groups is 3. The van der Waals surface area contributed by atoms with Crippen LogP contribution in [-0.4, -0.2) is 58.9 Å². The number of rotatable bonds is 10. The predicted molar refractivity (Wildman–Crippen MR) is 117 cm³/mol. The summed E-state index contributed by atoms with van der Waals surface area (Å²) in [4.78, 5) is 36.1. The number of ether oxygens (including phenoxy) is 2. The van der Waals surface area contributed by atoms with E-state index in [0.717, 1.165) is 0 Å². The zero-order valence-electron chi connectivity index (χ0n) is 20.0. The fraction of sp³-hybridized carbons (Fsp3) is 0.850. The summed E-state index contributed by atoms with van der Waals surface area (Å²) in [6.45, 7) is 14.7. The molecule has 31 heavy (non-hydrogen) atoms. The van der Waals surface area contributed by atoms with Crippen LogP contribution in [0.5, 0.6) is 0 Å². The van der Waals surface area contributed by atoms with E-state index in [2.05, 4.69) is 15.3 Å². The van der Waals surface area contributed by atoms with E-state index in [1.807, 2.05) is 34.6 Å². The first-order chi connectivity index (χ1) is 14.1. The van der Waals surface area contributed by atoms with Crippen molar-refractivity contribution in [1.29, 1.82) is 0 Å². The summed E-state index contributed by atoms with van der Waals surface area (Å²) in [5.41, 5.74) is 12.7. The summed E-state index contributed by atoms with van der Waals surface area (Å²) < 4.78 is 10.3. The van der Waals surface area contributed by atoms with Gasteiger partial charge in [0.25, 0.3) is 0 Å². The highest BCUT2D eigenvalue weighted by Gasteiger charge is 2.24. The van der Waals surface area contributed by atoms with Crippen molar-refractivity contribution >= 4 is 17.9 Å². The molecule has 0 saturated carbocycles. The van der Waals surface area contributed by atoms with Crippen LogP contribution in [0.2, 0.25) is 0 Å². The average Bonchev–Trinajstić information content (AvgIpc) is 2.60. The van der Waals surface area contributed by atoms with Gasteiger partial charge in [0.1, 0.15) is 29.3 Å². The highest BCUT2D eigenvalue weighted by atomic mass is 16.6. The summed E-state index contributed by atoms with van der Waals surface area (Å²) >= 11 is 0. The number of hydrogen-bond acceptors (Lipinski definition) is 8. The molecule has 0 aliphatic carbocycles. The van der Waals surface area contributed by atoms with Gasteiger partial charge in [-0.2, -0.15) is 0 Å². The Hall–Kier alpha value is -2.36. The van der Waals surface area contributed by atoms with E-state index in [1.54, 1.807) is 20.8 Å². The lowest BCUT2D eigenvalue weighted by molar-refractivity contribution is -0.158. The molecule has 0 amide bonds. The standard InChI is InChI=1S/C12H22N4O4.C8H17NO2/c1-5-8(11(19)20-12(2,3)4)14-7-6-9(10(17)18)15-16-13;1-5-6(9)7(10)11-8(2,3)4/h8-9,14H,5-7H2,1-4H3,(H,17,18);6H,5,9H2,1-4H3. The third kappa shape index (κ3) is 17.1. The summed E-state index contributed by atoms with van der Waals surface area (Å²) in [6.07, 6.45) is 1.25. The second-order valence-electron chi connectivity index (χ2n) is 8.84. The second-order valence-corrected chi connectivity index (χ2v) is 8.84. The normalized spacial score (nSPS) is 14.1. The van der Waals surface area contributed by atoms with Gasteiger partial charge in [-0.25, -0.2) is 0 Å². The minimum atomic E-state index is -1.19. The lowest BCUT2D eigenvalue weighted by atomic mass is 10.1. The van der Waals surface area contributed by atoms with Gasteiger partial charge in [0.05, 0.1) is 0 Å². The molecule has 0 spiro atoms. The topological polar surface area (TPSA) is 177 Å². The molecule has 3 atom stereocenters. The molecule has 3 unspecified atom stereocenters. The molecule has 0 heterocycles. The number of nitrogens with two attached hydrogens (primary N) is 1. The summed E-state index contributed by atoms with van der Waals surface area (Å²) in [5.74, 6) is -1.88. The van der Waals surface area contributed by atoms with Gasteiger partial charge in [-0.05, 0) is 72.9 Å². The number of hydrogen-bond donors (Lipinski definition) is 3. The van der Waals surface area contributed by atoms with Crippen LogP contribution in [0.3, 0.4) is 0 Å².